The van der Waals surface area contributed by atoms with Gasteiger partial charge in [-0.2, -0.15) is 0 Å². The van der Waals surface area contributed by atoms with Crippen molar-refractivity contribution in [3.05, 3.63) is 0 Å². The second kappa shape index (κ2) is 5.00. The van der Waals surface area contributed by atoms with Crippen molar-refractivity contribution in [1.29, 1.82) is 0 Å². The summed E-state index contributed by atoms with van der Waals surface area (Å²) in [5.41, 5.74) is 0. The third-order valence-corrected chi connectivity index (χ3v) is 2.37. The molecule has 0 bridgehead atoms. The average Bonchev–Trinajstić information content (AvgIpc) is 2.10. The van der Waals surface area contributed by atoms with Gasteiger partial charge in [0.25, 0.3) is 0 Å². The van der Waals surface area contributed by atoms with Crippen LogP contribution in [0, 0.1) is 0 Å². The lowest BCUT2D eigenvalue weighted by Gasteiger charge is -2.24. The molecule has 0 radical (unpaired) electrons. The standard InChI is InChI=1S/C10H17NO2/c1-2-3-4-8-11-9(12)6-5-7-10(11)13/h2-8H2,1H3. The molecule has 1 rings (SSSR count). The number of nitrogens with zero attached hydrogens (tertiary/aromatic N) is 1. The molecule has 3 heteroatoms. The Kier molecular flexibility index (Phi) is 3.93. The molecular formula is C10H17NO2. The Morgan fingerprint density at radius 3 is 2.31 bits per heavy atom. The molecule has 74 valence electrons. The first-order valence-electron chi connectivity index (χ1n) is 5.09. The van der Waals surface area contributed by atoms with Gasteiger partial charge in [-0.25, -0.2) is 0 Å². The summed E-state index contributed by atoms with van der Waals surface area (Å²) in [6, 6.07) is 0. The van der Waals surface area contributed by atoms with Crippen molar-refractivity contribution in [1.82, 2.24) is 4.90 Å². The van der Waals surface area contributed by atoms with Gasteiger partial charge < -0.3 is 0 Å². The summed E-state index contributed by atoms with van der Waals surface area (Å²) in [6.07, 6.45) is 5.01. The van der Waals surface area contributed by atoms with Crippen molar-refractivity contribution in [2.24, 2.45) is 0 Å². The van der Waals surface area contributed by atoms with Gasteiger partial charge in [0.05, 0.1) is 0 Å². The number of hydrogen-bond acceptors (Lipinski definition) is 2. The largest absolute Gasteiger partial charge is 0.283 e. The quantitative estimate of drug-likeness (QED) is 0.491. The SMILES string of the molecule is CCCCCN1C(=O)CCCC1=O. The minimum absolute atomic E-state index is 0.0207. The molecule has 3 nitrogen and oxygen atoms in total. The van der Waals surface area contributed by atoms with Crippen LogP contribution in [-0.2, 0) is 9.59 Å². The van der Waals surface area contributed by atoms with Crippen molar-refractivity contribution < 1.29 is 9.59 Å². The van der Waals surface area contributed by atoms with Crippen LogP contribution in [0.5, 0.6) is 0 Å². The minimum Gasteiger partial charge on any atom is -0.283 e. The number of amides is 2. The molecule has 0 aliphatic carbocycles. The molecule has 1 aliphatic rings. The molecule has 0 spiro atoms. The molecule has 0 unspecified atom stereocenters. The summed E-state index contributed by atoms with van der Waals surface area (Å²) in [5, 5.41) is 0. The van der Waals surface area contributed by atoms with E-state index in [0.717, 1.165) is 25.7 Å². The van der Waals surface area contributed by atoms with Crippen LogP contribution in [0.15, 0.2) is 0 Å². The third kappa shape index (κ3) is 2.83. The number of rotatable bonds is 4. The van der Waals surface area contributed by atoms with E-state index in [9.17, 15) is 9.59 Å². The fourth-order valence-electron chi connectivity index (χ4n) is 1.57. The van der Waals surface area contributed by atoms with E-state index in [1.165, 1.54) is 4.90 Å². The lowest BCUT2D eigenvalue weighted by atomic mass is 10.1. The Balaban J connectivity index is 2.35. The number of imide groups is 1. The van der Waals surface area contributed by atoms with Crippen molar-refractivity contribution in [2.75, 3.05) is 6.54 Å². The van der Waals surface area contributed by atoms with Gasteiger partial charge in [-0.1, -0.05) is 19.8 Å². The van der Waals surface area contributed by atoms with Crippen LogP contribution in [0.4, 0.5) is 0 Å². The van der Waals surface area contributed by atoms with E-state index in [-0.39, 0.29) is 11.8 Å². The van der Waals surface area contributed by atoms with E-state index in [4.69, 9.17) is 0 Å². The van der Waals surface area contributed by atoms with Crippen LogP contribution in [0.3, 0.4) is 0 Å². The molecule has 1 fully saturated rings. The van der Waals surface area contributed by atoms with Crippen LogP contribution in [0.25, 0.3) is 0 Å². The second-order valence-corrected chi connectivity index (χ2v) is 3.50. The van der Waals surface area contributed by atoms with Crippen molar-refractivity contribution >= 4 is 11.8 Å². The van der Waals surface area contributed by atoms with Gasteiger partial charge in [-0.05, 0) is 12.8 Å². The van der Waals surface area contributed by atoms with Crippen LogP contribution >= 0.6 is 0 Å². The molecule has 0 N–H and O–H groups in total. The van der Waals surface area contributed by atoms with Gasteiger partial charge in [0.1, 0.15) is 0 Å². The van der Waals surface area contributed by atoms with Crippen LogP contribution in [0.1, 0.15) is 45.4 Å². The van der Waals surface area contributed by atoms with Gasteiger partial charge in [-0.3, -0.25) is 14.5 Å². The molecule has 0 saturated carbocycles. The molecule has 1 heterocycles. The molecule has 0 aromatic rings. The summed E-state index contributed by atoms with van der Waals surface area (Å²) in [6.45, 7) is 2.74. The number of likely N-dealkylation sites (tertiary alicyclic amines) is 1. The van der Waals surface area contributed by atoms with Gasteiger partial charge >= 0.3 is 0 Å². The fourth-order valence-corrected chi connectivity index (χ4v) is 1.57. The molecule has 1 aliphatic heterocycles. The van der Waals surface area contributed by atoms with E-state index in [1.807, 2.05) is 0 Å². The number of unbranched alkanes of at least 4 members (excludes halogenated alkanes) is 2. The predicted molar refractivity (Wildman–Crippen MR) is 50.1 cm³/mol. The van der Waals surface area contributed by atoms with E-state index in [2.05, 4.69) is 6.92 Å². The molecule has 0 aromatic carbocycles. The molecular weight excluding hydrogens is 166 g/mol. The third-order valence-electron chi connectivity index (χ3n) is 2.37. The molecule has 13 heavy (non-hydrogen) atoms. The highest BCUT2D eigenvalue weighted by Crippen LogP contribution is 2.12. The van der Waals surface area contributed by atoms with Gasteiger partial charge in [-0.15, -0.1) is 0 Å². The first kappa shape index (κ1) is 10.2. The second-order valence-electron chi connectivity index (χ2n) is 3.50. The fraction of sp³-hybridized carbons (Fsp3) is 0.800. The zero-order valence-electron chi connectivity index (χ0n) is 8.21. The first-order chi connectivity index (χ1) is 6.25. The molecule has 0 atom stereocenters. The Morgan fingerprint density at radius 2 is 1.77 bits per heavy atom. The van der Waals surface area contributed by atoms with E-state index >= 15 is 0 Å². The smallest absolute Gasteiger partial charge is 0.229 e. The van der Waals surface area contributed by atoms with Crippen LogP contribution in [-0.4, -0.2) is 23.3 Å². The summed E-state index contributed by atoms with van der Waals surface area (Å²) < 4.78 is 0. The topological polar surface area (TPSA) is 37.4 Å². The summed E-state index contributed by atoms with van der Waals surface area (Å²) in [4.78, 5) is 24.0. The number of piperidine rings is 1. The van der Waals surface area contributed by atoms with Gasteiger partial charge in [0.2, 0.25) is 11.8 Å². The van der Waals surface area contributed by atoms with E-state index in [0.29, 0.717) is 19.4 Å². The maximum atomic E-state index is 11.3. The zero-order chi connectivity index (χ0) is 9.68. The number of carbonyl (C=O) groups excluding carboxylic acids is 2. The Morgan fingerprint density at radius 1 is 1.15 bits per heavy atom. The maximum Gasteiger partial charge on any atom is 0.229 e. The Bertz CT molecular complexity index is 185. The zero-order valence-corrected chi connectivity index (χ0v) is 8.21. The minimum atomic E-state index is 0.0207. The molecule has 0 aromatic heterocycles. The highest BCUT2D eigenvalue weighted by Gasteiger charge is 2.24. The molecule has 2 amide bonds. The summed E-state index contributed by atoms with van der Waals surface area (Å²) in [5.74, 6) is 0.0414. The lowest BCUT2D eigenvalue weighted by molar-refractivity contribution is -0.147. The van der Waals surface area contributed by atoms with Gasteiger partial charge in [0.15, 0.2) is 0 Å². The number of carbonyl (C=O) groups is 2. The monoisotopic (exact) mass is 183 g/mol. The normalized spacial score (nSPS) is 18.1. The van der Waals surface area contributed by atoms with Crippen molar-refractivity contribution in [3.8, 4) is 0 Å². The van der Waals surface area contributed by atoms with Crippen molar-refractivity contribution in [2.45, 2.75) is 45.4 Å². The van der Waals surface area contributed by atoms with Gasteiger partial charge in [0, 0.05) is 19.4 Å². The summed E-state index contributed by atoms with van der Waals surface area (Å²) in [7, 11) is 0. The van der Waals surface area contributed by atoms with E-state index < -0.39 is 0 Å². The van der Waals surface area contributed by atoms with Crippen LogP contribution in [0.2, 0.25) is 0 Å². The predicted octanol–water partition coefficient (Wildman–Crippen LogP) is 1.72. The molecule has 1 saturated heterocycles. The Hall–Kier alpha value is -0.860. The highest BCUT2D eigenvalue weighted by molar-refractivity contribution is 5.97. The van der Waals surface area contributed by atoms with Crippen LogP contribution < -0.4 is 0 Å². The summed E-state index contributed by atoms with van der Waals surface area (Å²) >= 11 is 0. The lowest BCUT2D eigenvalue weighted by Crippen LogP contribution is -2.40. The Labute approximate surface area is 79.1 Å². The average molecular weight is 183 g/mol. The maximum absolute atomic E-state index is 11.3. The highest BCUT2D eigenvalue weighted by atomic mass is 16.2. The number of hydrogen-bond donors (Lipinski definition) is 0. The van der Waals surface area contributed by atoms with E-state index in [1.54, 1.807) is 0 Å². The van der Waals surface area contributed by atoms with Crippen molar-refractivity contribution in [3.63, 3.8) is 0 Å². The first-order valence-corrected chi connectivity index (χ1v) is 5.09.